The van der Waals surface area contributed by atoms with Crippen molar-refractivity contribution in [2.75, 3.05) is 5.32 Å². The zero-order valence-electron chi connectivity index (χ0n) is 19.8. The molecule has 184 valence electrons. The Kier molecular flexibility index (Phi) is 7.59. The van der Waals surface area contributed by atoms with E-state index in [0.29, 0.717) is 27.1 Å². The number of furan rings is 1. The van der Waals surface area contributed by atoms with Gasteiger partial charge in [0.25, 0.3) is 5.91 Å². The molecule has 2 amide bonds. The van der Waals surface area contributed by atoms with Crippen LogP contribution in [-0.2, 0) is 4.79 Å². The number of carbonyl (C=O) groups is 2. The molecule has 0 saturated heterocycles. The first kappa shape index (κ1) is 25.6. The molecule has 2 aromatic heterocycles. The summed E-state index contributed by atoms with van der Waals surface area (Å²) in [7, 11) is 0. The fraction of sp³-hybridized carbons (Fsp3) is 0.148. The van der Waals surface area contributed by atoms with Gasteiger partial charge in [0.15, 0.2) is 5.11 Å². The Labute approximate surface area is 223 Å². The average Bonchev–Trinajstić information content (AvgIpc) is 3.43. The highest BCUT2D eigenvalue weighted by Crippen LogP contribution is 2.39. The number of halogens is 1. The summed E-state index contributed by atoms with van der Waals surface area (Å²) in [5, 5.41) is 9.81. The van der Waals surface area contributed by atoms with Crippen LogP contribution in [0, 0.1) is 0 Å². The second kappa shape index (κ2) is 10.7. The van der Waals surface area contributed by atoms with Crippen LogP contribution in [0.4, 0.5) is 5.69 Å². The van der Waals surface area contributed by atoms with Crippen LogP contribution in [0.2, 0.25) is 5.02 Å². The predicted octanol–water partition coefficient (Wildman–Crippen LogP) is 6.87. The summed E-state index contributed by atoms with van der Waals surface area (Å²) in [5.41, 5.74) is 1.20. The maximum atomic E-state index is 12.7. The molecule has 0 aliphatic carbocycles. The fourth-order valence-corrected chi connectivity index (χ4v) is 5.08. The van der Waals surface area contributed by atoms with Gasteiger partial charge in [-0.05, 0) is 57.3 Å². The minimum atomic E-state index is -0.410. The zero-order chi connectivity index (χ0) is 25.9. The van der Waals surface area contributed by atoms with E-state index in [9.17, 15) is 9.59 Å². The molecule has 36 heavy (non-hydrogen) atoms. The Morgan fingerprint density at radius 2 is 1.78 bits per heavy atom. The number of fused-ring (bicyclic) bond motifs is 1. The van der Waals surface area contributed by atoms with Crippen LogP contribution in [-0.4, -0.2) is 22.5 Å². The maximum Gasteiger partial charge on any atom is 0.263 e. The zero-order valence-corrected chi connectivity index (χ0v) is 22.2. The molecule has 2 aromatic carbocycles. The molecule has 0 saturated carbocycles. The van der Waals surface area contributed by atoms with Gasteiger partial charge in [0.05, 0.1) is 15.4 Å². The summed E-state index contributed by atoms with van der Waals surface area (Å²) < 4.78 is 6.53. The van der Waals surface area contributed by atoms with Crippen molar-refractivity contribution < 1.29 is 14.0 Å². The van der Waals surface area contributed by atoms with Gasteiger partial charge in [0.1, 0.15) is 16.4 Å². The highest BCUT2D eigenvalue weighted by molar-refractivity contribution is 7.80. The average molecular weight is 538 g/mol. The lowest BCUT2D eigenvalue weighted by atomic mass is 10.1. The van der Waals surface area contributed by atoms with Crippen LogP contribution in [0.1, 0.15) is 36.2 Å². The molecule has 3 N–H and O–H groups in total. The van der Waals surface area contributed by atoms with E-state index in [0.717, 1.165) is 15.6 Å². The van der Waals surface area contributed by atoms with Gasteiger partial charge >= 0.3 is 0 Å². The molecule has 6 nitrogen and oxygen atoms in total. The predicted molar refractivity (Wildman–Crippen MR) is 152 cm³/mol. The molecular weight excluding hydrogens is 514 g/mol. The molecule has 0 atom stereocenters. The number of rotatable bonds is 5. The molecule has 9 heteroatoms. The number of hydrogen-bond donors (Lipinski definition) is 3. The van der Waals surface area contributed by atoms with Crippen molar-refractivity contribution >= 4 is 73.9 Å². The van der Waals surface area contributed by atoms with E-state index in [1.54, 1.807) is 18.2 Å². The number of carbonyl (C=O) groups excluding carboxylic acids is 2. The highest BCUT2D eigenvalue weighted by Gasteiger charge is 2.22. The van der Waals surface area contributed by atoms with Crippen LogP contribution in [0.5, 0.6) is 0 Å². The number of nitrogens with one attached hydrogen (secondary N) is 3. The monoisotopic (exact) mass is 537 g/mol. The summed E-state index contributed by atoms with van der Waals surface area (Å²) in [6.45, 7) is 5.72. The van der Waals surface area contributed by atoms with Crippen molar-refractivity contribution in [1.29, 1.82) is 0 Å². The fourth-order valence-electron chi connectivity index (χ4n) is 3.40. The van der Waals surface area contributed by atoms with E-state index in [1.807, 2.05) is 69.3 Å². The van der Waals surface area contributed by atoms with Crippen molar-refractivity contribution in [3.63, 3.8) is 0 Å². The molecule has 0 spiro atoms. The number of thiocarbonyl (C=S) groups is 1. The quantitative estimate of drug-likeness (QED) is 0.191. The first-order valence-corrected chi connectivity index (χ1v) is 12.7. The van der Waals surface area contributed by atoms with E-state index in [4.69, 9.17) is 28.2 Å². The van der Waals surface area contributed by atoms with Gasteiger partial charge in [-0.3, -0.25) is 14.9 Å². The van der Waals surface area contributed by atoms with E-state index in [1.165, 1.54) is 17.4 Å². The molecule has 0 radical (unpaired) electrons. The third kappa shape index (κ3) is 6.20. The number of hydrogen-bond acceptors (Lipinski definition) is 5. The smallest absolute Gasteiger partial charge is 0.263 e. The third-order valence-electron chi connectivity index (χ3n) is 4.92. The summed E-state index contributed by atoms with van der Waals surface area (Å²) in [5.74, 6) is 0.605. The first-order valence-electron chi connectivity index (χ1n) is 11.1. The standard InChI is InChI=1S/C27H24ClN3O3S2/c1-27(2,3)31-25(33)24-22(28)18-10-7-11-19(23(18)36-24)29-26(35)30-21(32)15-13-17-12-14-20(34-17)16-8-5-4-6-9-16/h4-15H,1-3H3,(H,31,33)(H2,29,30,32,35)/b15-13+. The van der Waals surface area contributed by atoms with Gasteiger partial charge in [-0.15, -0.1) is 11.3 Å². The molecule has 0 bridgehead atoms. The minimum absolute atomic E-state index is 0.117. The van der Waals surface area contributed by atoms with Crippen LogP contribution in [0.15, 0.2) is 71.2 Å². The Morgan fingerprint density at radius 1 is 1.03 bits per heavy atom. The van der Waals surface area contributed by atoms with Crippen molar-refractivity contribution in [1.82, 2.24) is 10.6 Å². The molecule has 0 aliphatic rings. The lowest BCUT2D eigenvalue weighted by Crippen LogP contribution is -2.40. The largest absolute Gasteiger partial charge is 0.457 e. The van der Waals surface area contributed by atoms with Crippen molar-refractivity contribution in [3.8, 4) is 11.3 Å². The van der Waals surface area contributed by atoms with Gasteiger partial charge in [0, 0.05) is 22.6 Å². The van der Waals surface area contributed by atoms with E-state index >= 15 is 0 Å². The maximum absolute atomic E-state index is 12.7. The van der Waals surface area contributed by atoms with Gasteiger partial charge in [0.2, 0.25) is 5.91 Å². The van der Waals surface area contributed by atoms with E-state index in [-0.39, 0.29) is 11.0 Å². The summed E-state index contributed by atoms with van der Waals surface area (Å²) >= 11 is 13.1. The SMILES string of the molecule is CC(C)(C)NC(=O)c1sc2c(NC(=S)NC(=O)/C=C/c3ccc(-c4ccccc4)o3)cccc2c1Cl. The topological polar surface area (TPSA) is 83.4 Å². The van der Waals surface area contributed by atoms with E-state index < -0.39 is 11.4 Å². The van der Waals surface area contributed by atoms with Crippen LogP contribution >= 0.6 is 35.2 Å². The molecule has 2 heterocycles. The third-order valence-corrected chi connectivity index (χ3v) is 6.87. The van der Waals surface area contributed by atoms with Crippen LogP contribution < -0.4 is 16.0 Å². The molecule has 0 fully saturated rings. The van der Waals surface area contributed by atoms with E-state index in [2.05, 4.69) is 16.0 Å². The number of amides is 2. The van der Waals surface area contributed by atoms with Crippen LogP contribution in [0.3, 0.4) is 0 Å². The lowest BCUT2D eigenvalue weighted by Gasteiger charge is -2.19. The second-order valence-electron chi connectivity index (χ2n) is 8.98. The van der Waals surface area contributed by atoms with Crippen LogP contribution in [0.25, 0.3) is 27.5 Å². The van der Waals surface area contributed by atoms with Crippen molar-refractivity contribution in [3.05, 3.63) is 82.4 Å². The van der Waals surface area contributed by atoms with Gasteiger partial charge in [-0.25, -0.2) is 0 Å². The lowest BCUT2D eigenvalue weighted by molar-refractivity contribution is -0.115. The molecule has 4 rings (SSSR count). The number of anilines is 1. The summed E-state index contributed by atoms with van der Waals surface area (Å²) in [6, 6.07) is 18.8. The number of benzene rings is 2. The van der Waals surface area contributed by atoms with Crippen molar-refractivity contribution in [2.24, 2.45) is 0 Å². The summed E-state index contributed by atoms with van der Waals surface area (Å²) in [6.07, 6.45) is 2.92. The summed E-state index contributed by atoms with van der Waals surface area (Å²) in [4.78, 5) is 25.5. The Morgan fingerprint density at radius 3 is 2.50 bits per heavy atom. The van der Waals surface area contributed by atoms with Gasteiger partial charge in [-0.2, -0.15) is 0 Å². The number of thiophene rings is 1. The molecule has 0 aliphatic heterocycles. The Balaban J connectivity index is 1.42. The molecule has 4 aromatic rings. The second-order valence-corrected chi connectivity index (χ2v) is 10.8. The molecule has 0 unspecified atom stereocenters. The van der Waals surface area contributed by atoms with Gasteiger partial charge in [-0.1, -0.05) is 54.1 Å². The molecular formula is C27H24ClN3O3S2. The minimum Gasteiger partial charge on any atom is -0.457 e. The highest BCUT2D eigenvalue weighted by atomic mass is 35.5. The normalized spacial score (nSPS) is 11.6. The van der Waals surface area contributed by atoms with Crippen molar-refractivity contribution in [2.45, 2.75) is 26.3 Å². The first-order chi connectivity index (χ1) is 17.1. The Bertz CT molecular complexity index is 1470. The Hall–Kier alpha value is -3.46. The van der Waals surface area contributed by atoms with Gasteiger partial charge < -0.3 is 15.1 Å².